The summed E-state index contributed by atoms with van der Waals surface area (Å²) in [5, 5.41) is 2.87. The van der Waals surface area contributed by atoms with Crippen molar-refractivity contribution in [3.8, 4) is 11.5 Å². The van der Waals surface area contributed by atoms with Crippen LogP contribution in [0.1, 0.15) is 44.7 Å². The summed E-state index contributed by atoms with van der Waals surface area (Å²) in [5.74, 6) is 0.224. The van der Waals surface area contributed by atoms with Crippen LogP contribution >= 0.6 is 0 Å². The van der Waals surface area contributed by atoms with E-state index in [1.807, 2.05) is 52.0 Å². The number of amides is 3. The molecule has 0 spiro atoms. The molecule has 2 aromatic carbocycles. The highest BCUT2D eigenvalue weighted by atomic mass is 32.2. The zero-order valence-electron chi connectivity index (χ0n) is 20.1. The molecule has 0 bridgehead atoms. The van der Waals surface area contributed by atoms with E-state index in [2.05, 4.69) is 5.32 Å². The minimum atomic E-state index is -3.82. The molecule has 34 heavy (non-hydrogen) atoms. The molecule has 1 unspecified atom stereocenters. The molecule has 3 rings (SSSR count). The first-order valence-corrected chi connectivity index (χ1v) is 12.9. The number of sulfone groups is 1. The Bertz CT molecular complexity index is 1140. The fourth-order valence-electron chi connectivity index (χ4n) is 4.09. The minimum Gasteiger partial charge on any atom is -0.457 e. The number of hydrogen-bond acceptors (Lipinski definition) is 5. The minimum absolute atomic E-state index is 0.0410. The molecule has 3 amide bonds. The van der Waals surface area contributed by atoms with Crippen molar-refractivity contribution in [3.63, 3.8) is 0 Å². The first-order chi connectivity index (χ1) is 15.8. The van der Waals surface area contributed by atoms with E-state index in [9.17, 15) is 18.0 Å². The van der Waals surface area contributed by atoms with Gasteiger partial charge in [0.05, 0.1) is 12.2 Å². The third kappa shape index (κ3) is 5.88. The van der Waals surface area contributed by atoms with Crippen LogP contribution in [0.2, 0.25) is 0 Å². The van der Waals surface area contributed by atoms with E-state index in [1.54, 1.807) is 24.3 Å². The number of rotatable bonds is 5. The quantitative estimate of drug-likeness (QED) is 0.669. The van der Waals surface area contributed by atoms with Crippen LogP contribution in [0.15, 0.2) is 48.5 Å². The van der Waals surface area contributed by atoms with Gasteiger partial charge in [-0.15, -0.1) is 0 Å². The van der Waals surface area contributed by atoms with Crippen LogP contribution in [0, 0.1) is 6.92 Å². The SMILES string of the molecule is Cc1ccc(Oc2ccc(C3(CC(N)=O)CCN(C(=O)NC(C)(C)C)CCS3(=O)=O)cc2)cc1. The van der Waals surface area contributed by atoms with Crippen molar-refractivity contribution < 1.29 is 22.7 Å². The second kappa shape index (κ2) is 9.66. The van der Waals surface area contributed by atoms with Gasteiger partial charge in [-0.3, -0.25) is 4.79 Å². The van der Waals surface area contributed by atoms with Crippen molar-refractivity contribution in [2.75, 3.05) is 18.8 Å². The summed E-state index contributed by atoms with van der Waals surface area (Å²) in [6, 6.07) is 13.9. The lowest BCUT2D eigenvalue weighted by molar-refractivity contribution is -0.118. The molecule has 8 nitrogen and oxygen atoms in total. The van der Waals surface area contributed by atoms with Crippen LogP contribution < -0.4 is 15.8 Å². The Morgan fingerprint density at radius 3 is 2.12 bits per heavy atom. The molecule has 1 saturated heterocycles. The summed E-state index contributed by atoms with van der Waals surface area (Å²) in [6.07, 6.45) is -0.295. The van der Waals surface area contributed by atoms with Crippen molar-refractivity contribution in [2.24, 2.45) is 5.73 Å². The first-order valence-electron chi connectivity index (χ1n) is 11.2. The third-order valence-corrected chi connectivity index (χ3v) is 8.37. The molecule has 1 fully saturated rings. The Balaban J connectivity index is 1.91. The van der Waals surface area contributed by atoms with Gasteiger partial charge in [-0.05, 0) is 63.9 Å². The average Bonchev–Trinajstić information content (AvgIpc) is 2.85. The van der Waals surface area contributed by atoms with Gasteiger partial charge in [-0.2, -0.15) is 0 Å². The van der Waals surface area contributed by atoms with Gasteiger partial charge in [0, 0.05) is 18.6 Å². The third-order valence-electron chi connectivity index (χ3n) is 5.88. The normalized spacial score (nSPS) is 20.3. The average molecular weight is 488 g/mol. The van der Waals surface area contributed by atoms with Gasteiger partial charge in [0.15, 0.2) is 9.84 Å². The predicted octanol–water partition coefficient (Wildman–Crippen LogP) is 3.49. The van der Waals surface area contributed by atoms with E-state index >= 15 is 0 Å². The number of aryl methyl sites for hydroxylation is 1. The highest BCUT2D eigenvalue weighted by Crippen LogP contribution is 2.41. The van der Waals surface area contributed by atoms with Crippen LogP contribution in [0.3, 0.4) is 0 Å². The smallest absolute Gasteiger partial charge is 0.317 e. The van der Waals surface area contributed by atoms with E-state index in [-0.39, 0.29) is 37.7 Å². The molecule has 0 aromatic heterocycles. The number of carbonyl (C=O) groups excluding carboxylic acids is 2. The van der Waals surface area contributed by atoms with Gasteiger partial charge in [-0.1, -0.05) is 29.8 Å². The molecule has 1 heterocycles. The van der Waals surface area contributed by atoms with Gasteiger partial charge in [-0.25, -0.2) is 13.2 Å². The lowest BCUT2D eigenvalue weighted by Crippen LogP contribution is -2.49. The van der Waals surface area contributed by atoms with Gasteiger partial charge in [0.25, 0.3) is 0 Å². The summed E-state index contributed by atoms with van der Waals surface area (Å²) in [5.41, 5.74) is 6.63. The van der Waals surface area contributed by atoms with E-state index in [4.69, 9.17) is 10.5 Å². The number of primary amides is 1. The lowest BCUT2D eigenvalue weighted by Gasteiger charge is -2.32. The molecular weight excluding hydrogens is 454 g/mol. The number of nitrogens with zero attached hydrogens (tertiary/aromatic N) is 1. The highest BCUT2D eigenvalue weighted by molar-refractivity contribution is 7.92. The monoisotopic (exact) mass is 487 g/mol. The molecule has 3 N–H and O–H groups in total. The van der Waals surface area contributed by atoms with Gasteiger partial charge in [0.1, 0.15) is 16.2 Å². The molecule has 0 aliphatic carbocycles. The van der Waals surface area contributed by atoms with Crippen LogP contribution in [-0.2, 0) is 19.4 Å². The van der Waals surface area contributed by atoms with Crippen molar-refractivity contribution in [3.05, 3.63) is 59.7 Å². The van der Waals surface area contributed by atoms with Crippen LogP contribution in [0.4, 0.5) is 4.79 Å². The maximum Gasteiger partial charge on any atom is 0.317 e. The summed E-state index contributed by atoms with van der Waals surface area (Å²) >= 11 is 0. The van der Waals surface area contributed by atoms with Crippen LogP contribution in [-0.4, -0.2) is 49.6 Å². The maximum absolute atomic E-state index is 13.5. The van der Waals surface area contributed by atoms with E-state index in [0.717, 1.165) is 5.56 Å². The lowest BCUT2D eigenvalue weighted by atomic mass is 9.90. The Hall–Kier alpha value is -3.07. The van der Waals surface area contributed by atoms with Crippen molar-refractivity contribution in [2.45, 2.75) is 50.8 Å². The van der Waals surface area contributed by atoms with Crippen LogP contribution in [0.5, 0.6) is 11.5 Å². The summed E-state index contributed by atoms with van der Waals surface area (Å²) in [7, 11) is -3.82. The molecule has 9 heteroatoms. The first kappa shape index (κ1) is 25.6. The largest absolute Gasteiger partial charge is 0.457 e. The number of ether oxygens (including phenoxy) is 1. The molecule has 0 saturated carbocycles. The zero-order valence-corrected chi connectivity index (χ0v) is 20.9. The van der Waals surface area contributed by atoms with E-state index < -0.39 is 26.0 Å². The number of benzene rings is 2. The van der Waals surface area contributed by atoms with Gasteiger partial charge >= 0.3 is 6.03 Å². The highest BCUT2D eigenvalue weighted by Gasteiger charge is 2.48. The fourth-order valence-corrected chi connectivity index (χ4v) is 6.20. The Morgan fingerprint density at radius 2 is 1.59 bits per heavy atom. The molecule has 2 aromatic rings. The molecule has 1 atom stereocenters. The van der Waals surface area contributed by atoms with Gasteiger partial charge < -0.3 is 20.7 Å². The molecule has 1 aliphatic rings. The molecule has 184 valence electrons. The van der Waals surface area contributed by atoms with E-state index in [0.29, 0.717) is 17.1 Å². The Labute approximate surface area is 201 Å². The summed E-state index contributed by atoms with van der Waals surface area (Å²) in [4.78, 5) is 26.2. The predicted molar refractivity (Wildman–Crippen MR) is 131 cm³/mol. The van der Waals surface area contributed by atoms with Crippen molar-refractivity contribution in [1.29, 1.82) is 0 Å². The standard InChI is InChI=1S/C25H33N3O5S/c1-18-5-9-20(10-6-18)33-21-11-7-19(8-12-21)25(17-22(26)29)13-14-28(15-16-34(25,31)32)23(30)27-24(2,3)4/h5-12H,13-17H2,1-4H3,(H2,26,29)(H,27,30). The number of hydrogen-bond donors (Lipinski definition) is 2. The maximum atomic E-state index is 13.5. The van der Waals surface area contributed by atoms with E-state index in [1.165, 1.54) is 4.90 Å². The number of urea groups is 1. The molecule has 0 radical (unpaired) electrons. The second-order valence-electron chi connectivity index (χ2n) is 9.81. The number of nitrogens with two attached hydrogens (primary N) is 1. The van der Waals surface area contributed by atoms with Crippen LogP contribution in [0.25, 0.3) is 0 Å². The summed E-state index contributed by atoms with van der Waals surface area (Å²) in [6.45, 7) is 7.78. The van der Waals surface area contributed by atoms with Crippen molar-refractivity contribution >= 4 is 21.8 Å². The van der Waals surface area contributed by atoms with Gasteiger partial charge in [0.2, 0.25) is 5.91 Å². The second-order valence-corrected chi connectivity index (χ2v) is 12.2. The topological polar surface area (TPSA) is 119 Å². The van der Waals surface area contributed by atoms with Crippen molar-refractivity contribution in [1.82, 2.24) is 10.2 Å². The Morgan fingerprint density at radius 1 is 1.03 bits per heavy atom. The zero-order chi connectivity index (χ0) is 25.1. The number of carbonyl (C=O) groups is 2. The summed E-state index contributed by atoms with van der Waals surface area (Å²) < 4.78 is 31.4. The molecule has 1 aliphatic heterocycles. The fraction of sp³-hybridized carbons (Fsp3) is 0.440. The Kier molecular flexibility index (Phi) is 7.26. The molecular formula is C25H33N3O5S. The number of nitrogens with one attached hydrogen (secondary N) is 1.